The highest BCUT2D eigenvalue weighted by Gasteiger charge is 2.03. The summed E-state index contributed by atoms with van der Waals surface area (Å²) < 4.78 is 0. The van der Waals surface area contributed by atoms with Crippen LogP contribution < -0.4 is 0 Å². The molecule has 0 spiro atoms. The van der Waals surface area contributed by atoms with E-state index in [1.165, 1.54) is 16.7 Å². The van der Waals surface area contributed by atoms with Gasteiger partial charge in [0.25, 0.3) is 0 Å². The van der Waals surface area contributed by atoms with Crippen LogP contribution >= 0.6 is 0 Å². The van der Waals surface area contributed by atoms with E-state index in [1.807, 2.05) is 0 Å². The largest absolute Gasteiger partial charge is 0.300 e. The predicted octanol–water partition coefficient (Wildman–Crippen LogP) is 2.74. The van der Waals surface area contributed by atoms with Gasteiger partial charge < -0.3 is 0 Å². The summed E-state index contributed by atoms with van der Waals surface area (Å²) in [5.41, 5.74) is 4.94. The van der Waals surface area contributed by atoms with Gasteiger partial charge >= 0.3 is 0 Å². The number of Topliss-reactive ketones (excluding diaryl/α,β-unsaturated/α-hetero) is 1. The van der Waals surface area contributed by atoms with Crippen LogP contribution in [0.25, 0.3) is 0 Å². The van der Waals surface area contributed by atoms with Crippen molar-refractivity contribution in [3.8, 4) is 0 Å². The second-order valence-electron chi connectivity index (χ2n) is 3.74. The number of rotatable bonds is 2. The molecule has 0 aliphatic heterocycles. The van der Waals surface area contributed by atoms with E-state index in [2.05, 4.69) is 32.9 Å². The van der Waals surface area contributed by atoms with Crippen LogP contribution in [0.5, 0.6) is 0 Å². The molecule has 0 amide bonds. The van der Waals surface area contributed by atoms with E-state index in [0.29, 0.717) is 6.42 Å². The van der Waals surface area contributed by atoms with E-state index in [-0.39, 0.29) is 5.78 Å². The summed E-state index contributed by atoms with van der Waals surface area (Å²) in [7, 11) is 0. The maximum absolute atomic E-state index is 11.0. The number of hydrogen-bond donors (Lipinski definition) is 0. The first kappa shape index (κ1) is 9.97. The van der Waals surface area contributed by atoms with Crippen LogP contribution in [0.2, 0.25) is 0 Å². The van der Waals surface area contributed by atoms with Crippen LogP contribution in [0.15, 0.2) is 12.1 Å². The Labute approximate surface area is 79.8 Å². The molecule has 1 heteroatoms. The summed E-state index contributed by atoms with van der Waals surface area (Å²) in [6.07, 6.45) is 0.562. The monoisotopic (exact) mass is 176 g/mol. The highest BCUT2D eigenvalue weighted by atomic mass is 16.1. The maximum atomic E-state index is 11.0. The van der Waals surface area contributed by atoms with Crippen molar-refractivity contribution in [3.05, 3.63) is 34.4 Å². The summed E-state index contributed by atoms with van der Waals surface area (Å²) in [6.45, 7) is 7.87. The van der Waals surface area contributed by atoms with Gasteiger partial charge in [-0.1, -0.05) is 12.1 Å². The predicted molar refractivity (Wildman–Crippen MR) is 55.0 cm³/mol. The Hall–Kier alpha value is -1.11. The van der Waals surface area contributed by atoms with Crippen LogP contribution in [-0.4, -0.2) is 5.78 Å². The summed E-state index contributed by atoms with van der Waals surface area (Å²) in [5.74, 6) is 0.228. The molecule has 1 rings (SSSR count). The molecule has 0 aromatic heterocycles. The lowest BCUT2D eigenvalue weighted by molar-refractivity contribution is -0.116. The lowest BCUT2D eigenvalue weighted by atomic mass is 9.98. The number of hydrogen-bond acceptors (Lipinski definition) is 1. The SMILES string of the molecule is CC(=O)Cc1cc(C)c(C)cc1C. The third-order valence-electron chi connectivity index (χ3n) is 2.39. The lowest BCUT2D eigenvalue weighted by Gasteiger charge is -2.07. The number of benzene rings is 1. The molecule has 1 aromatic rings. The third kappa shape index (κ3) is 2.41. The molecule has 70 valence electrons. The fourth-order valence-corrected chi connectivity index (χ4v) is 1.48. The molecule has 0 unspecified atom stereocenters. The summed E-state index contributed by atoms with van der Waals surface area (Å²) >= 11 is 0. The van der Waals surface area contributed by atoms with Crippen LogP contribution in [0.1, 0.15) is 29.2 Å². The van der Waals surface area contributed by atoms with Crippen molar-refractivity contribution >= 4 is 5.78 Å². The Kier molecular flexibility index (Phi) is 2.86. The Morgan fingerprint density at radius 1 is 1.08 bits per heavy atom. The van der Waals surface area contributed by atoms with Crippen molar-refractivity contribution in [1.29, 1.82) is 0 Å². The van der Waals surface area contributed by atoms with E-state index in [4.69, 9.17) is 0 Å². The van der Waals surface area contributed by atoms with E-state index >= 15 is 0 Å². The fourth-order valence-electron chi connectivity index (χ4n) is 1.48. The highest BCUT2D eigenvalue weighted by molar-refractivity contribution is 5.78. The minimum atomic E-state index is 0.228. The average molecular weight is 176 g/mol. The molecule has 0 N–H and O–H groups in total. The molecule has 13 heavy (non-hydrogen) atoms. The molecule has 0 aliphatic carbocycles. The minimum Gasteiger partial charge on any atom is -0.300 e. The molecule has 1 aromatic carbocycles. The lowest BCUT2D eigenvalue weighted by Crippen LogP contribution is -2.00. The van der Waals surface area contributed by atoms with E-state index in [9.17, 15) is 4.79 Å². The molecule has 0 fully saturated rings. The van der Waals surface area contributed by atoms with Crippen LogP contribution in [-0.2, 0) is 11.2 Å². The molecule has 0 bridgehead atoms. The molecule has 0 heterocycles. The Balaban J connectivity index is 3.08. The normalized spacial score (nSPS) is 10.2. The van der Waals surface area contributed by atoms with Gasteiger partial charge in [0.15, 0.2) is 0 Å². The Morgan fingerprint density at radius 3 is 2.15 bits per heavy atom. The van der Waals surface area contributed by atoms with Crippen molar-refractivity contribution < 1.29 is 4.79 Å². The highest BCUT2D eigenvalue weighted by Crippen LogP contribution is 2.15. The topological polar surface area (TPSA) is 17.1 Å². The standard InChI is InChI=1S/C12H16O/c1-8-5-10(3)12(6-9(8)2)7-11(4)13/h5-6H,7H2,1-4H3. The van der Waals surface area contributed by atoms with Gasteiger partial charge in [0.2, 0.25) is 0 Å². The molecule has 0 aliphatic rings. The average Bonchev–Trinajstić information content (AvgIpc) is 1.99. The van der Waals surface area contributed by atoms with Gasteiger partial charge in [-0.05, 0) is 49.9 Å². The third-order valence-corrected chi connectivity index (χ3v) is 2.39. The van der Waals surface area contributed by atoms with E-state index < -0.39 is 0 Å². The van der Waals surface area contributed by atoms with Crippen LogP contribution in [0.3, 0.4) is 0 Å². The molecular formula is C12H16O. The van der Waals surface area contributed by atoms with Gasteiger partial charge in [-0.2, -0.15) is 0 Å². The Bertz CT molecular complexity index is 337. The molecule has 0 saturated heterocycles. The van der Waals surface area contributed by atoms with Gasteiger partial charge in [0.1, 0.15) is 5.78 Å². The zero-order valence-electron chi connectivity index (χ0n) is 8.77. The van der Waals surface area contributed by atoms with Gasteiger partial charge in [-0.15, -0.1) is 0 Å². The van der Waals surface area contributed by atoms with Gasteiger partial charge in [0.05, 0.1) is 0 Å². The van der Waals surface area contributed by atoms with E-state index in [1.54, 1.807) is 6.92 Å². The molecule has 0 atom stereocenters. The summed E-state index contributed by atoms with van der Waals surface area (Å²) in [6, 6.07) is 4.26. The van der Waals surface area contributed by atoms with Crippen molar-refractivity contribution in [2.24, 2.45) is 0 Å². The fraction of sp³-hybridized carbons (Fsp3) is 0.417. The van der Waals surface area contributed by atoms with Crippen LogP contribution in [0.4, 0.5) is 0 Å². The van der Waals surface area contributed by atoms with E-state index in [0.717, 1.165) is 5.56 Å². The van der Waals surface area contributed by atoms with Crippen molar-refractivity contribution in [2.45, 2.75) is 34.1 Å². The van der Waals surface area contributed by atoms with Crippen molar-refractivity contribution in [3.63, 3.8) is 0 Å². The number of carbonyl (C=O) groups excluding carboxylic acids is 1. The zero-order valence-corrected chi connectivity index (χ0v) is 8.77. The smallest absolute Gasteiger partial charge is 0.134 e. The molecular weight excluding hydrogens is 160 g/mol. The molecule has 0 radical (unpaired) electrons. The van der Waals surface area contributed by atoms with Crippen LogP contribution in [0, 0.1) is 20.8 Å². The van der Waals surface area contributed by atoms with Gasteiger partial charge in [-0.3, -0.25) is 4.79 Å². The first-order valence-electron chi connectivity index (χ1n) is 4.57. The summed E-state index contributed by atoms with van der Waals surface area (Å²) in [4.78, 5) is 11.0. The molecule has 0 saturated carbocycles. The van der Waals surface area contributed by atoms with Crippen molar-refractivity contribution in [2.75, 3.05) is 0 Å². The number of ketones is 1. The van der Waals surface area contributed by atoms with Gasteiger partial charge in [-0.25, -0.2) is 0 Å². The maximum Gasteiger partial charge on any atom is 0.134 e. The number of aryl methyl sites for hydroxylation is 3. The zero-order chi connectivity index (χ0) is 10.0. The van der Waals surface area contributed by atoms with Gasteiger partial charge in [0, 0.05) is 6.42 Å². The Morgan fingerprint density at radius 2 is 1.62 bits per heavy atom. The quantitative estimate of drug-likeness (QED) is 0.677. The first-order valence-corrected chi connectivity index (χ1v) is 4.57. The summed E-state index contributed by atoms with van der Waals surface area (Å²) in [5, 5.41) is 0. The first-order chi connectivity index (χ1) is 6.00. The number of carbonyl (C=O) groups is 1. The van der Waals surface area contributed by atoms with Crippen molar-refractivity contribution in [1.82, 2.24) is 0 Å². The second-order valence-corrected chi connectivity index (χ2v) is 3.74. The minimum absolute atomic E-state index is 0.228. The molecule has 1 nitrogen and oxygen atoms in total. The second kappa shape index (κ2) is 3.73.